The molecule has 2 atom stereocenters. The van der Waals surface area contributed by atoms with E-state index in [0.29, 0.717) is 5.56 Å². The molecule has 1 aliphatic rings. The van der Waals surface area contributed by atoms with Crippen molar-refractivity contribution in [1.82, 2.24) is 0 Å². The van der Waals surface area contributed by atoms with E-state index in [-0.39, 0.29) is 0 Å². The monoisotopic (exact) mass is 424 g/mol. The first-order valence-corrected chi connectivity index (χ1v) is 9.33. The maximum absolute atomic E-state index is 14.2. The van der Waals surface area contributed by atoms with Crippen LogP contribution in [-0.2, 0) is 28.9 Å². The Morgan fingerprint density at radius 1 is 1.07 bits per heavy atom. The molecular weight excluding hydrogens is 408 g/mol. The van der Waals surface area contributed by atoms with Crippen LogP contribution in [0.4, 0.5) is 17.6 Å². The van der Waals surface area contributed by atoms with Crippen molar-refractivity contribution in [2.45, 2.75) is 29.4 Å². The van der Waals surface area contributed by atoms with Gasteiger partial charge >= 0.3 is 24.3 Å². The molecule has 11 heteroatoms. The van der Waals surface area contributed by atoms with Gasteiger partial charge in [-0.3, -0.25) is 4.79 Å². The number of carbonyl (C=O) groups is 2. The van der Waals surface area contributed by atoms with Gasteiger partial charge in [-0.25, -0.2) is 22.0 Å². The molecule has 6 nitrogen and oxygen atoms in total. The SMILES string of the molecule is COC(=O)C1=C(C(F)(F)C(F)F)[C@@H](S(=O)(=O)c2ccc(C)cc2)[C@@H]1C(=O)OC. The molecule has 0 fully saturated rings. The van der Waals surface area contributed by atoms with Crippen LogP contribution in [0.5, 0.6) is 0 Å². The zero-order valence-electron chi connectivity index (χ0n) is 14.9. The van der Waals surface area contributed by atoms with Crippen molar-refractivity contribution in [1.29, 1.82) is 0 Å². The summed E-state index contributed by atoms with van der Waals surface area (Å²) in [7, 11) is -3.12. The number of hydrogen-bond acceptors (Lipinski definition) is 6. The standard InChI is InChI=1S/C17H16F4O6S/c1-8-4-6-9(7-5-8)28(24,25)13-11(15(23)27-3)10(14(22)26-2)12(13)17(20,21)16(18)19/h4-7,11,13,16H,1-3H3/t11-,13+/m1/s1. The predicted octanol–water partition coefficient (Wildman–Crippen LogP) is 2.31. The first kappa shape index (κ1) is 21.9. The summed E-state index contributed by atoms with van der Waals surface area (Å²) in [6, 6.07) is 4.92. The van der Waals surface area contributed by atoms with Crippen LogP contribution in [0.3, 0.4) is 0 Å². The van der Waals surface area contributed by atoms with Crippen molar-refractivity contribution in [3.05, 3.63) is 41.0 Å². The summed E-state index contributed by atoms with van der Waals surface area (Å²) < 4.78 is 89.0. The number of ether oxygens (including phenoxy) is 2. The molecule has 0 aliphatic heterocycles. The smallest absolute Gasteiger partial charge is 0.334 e. The first-order chi connectivity index (χ1) is 12.9. The maximum Gasteiger partial charge on any atom is 0.334 e. The molecule has 1 aromatic rings. The molecule has 0 unspecified atom stereocenters. The minimum atomic E-state index is -4.98. The predicted molar refractivity (Wildman–Crippen MR) is 87.7 cm³/mol. The Bertz CT molecular complexity index is 921. The highest BCUT2D eigenvalue weighted by Gasteiger charge is 2.65. The third kappa shape index (κ3) is 3.38. The lowest BCUT2D eigenvalue weighted by Gasteiger charge is -2.41. The topological polar surface area (TPSA) is 86.7 Å². The molecule has 28 heavy (non-hydrogen) atoms. The van der Waals surface area contributed by atoms with Crippen LogP contribution >= 0.6 is 0 Å². The Hall–Kier alpha value is -2.43. The quantitative estimate of drug-likeness (QED) is 0.515. The molecule has 0 saturated carbocycles. The highest BCUT2D eigenvalue weighted by molar-refractivity contribution is 7.92. The van der Waals surface area contributed by atoms with E-state index >= 15 is 0 Å². The summed E-state index contributed by atoms with van der Waals surface area (Å²) in [4.78, 5) is 23.5. The number of carbonyl (C=O) groups excluding carboxylic acids is 2. The van der Waals surface area contributed by atoms with Crippen LogP contribution in [0.15, 0.2) is 40.3 Å². The number of methoxy groups -OCH3 is 2. The van der Waals surface area contributed by atoms with Crippen LogP contribution in [0.2, 0.25) is 0 Å². The molecular formula is C17H16F4O6S. The number of alkyl halides is 4. The molecule has 1 aliphatic carbocycles. The van der Waals surface area contributed by atoms with E-state index < -0.39 is 61.3 Å². The van der Waals surface area contributed by atoms with Crippen LogP contribution < -0.4 is 0 Å². The molecule has 0 N–H and O–H groups in total. The number of benzene rings is 1. The summed E-state index contributed by atoms with van der Waals surface area (Å²) in [6.07, 6.45) is -4.31. The minimum absolute atomic E-state index is 0.469. The fourth-order valence-electron chi connectivity index (χ4n) is 2.95. The second kappa shape index (κ2) is 7.53. The van der Waals surface area contributed by atoms with E-state index in [1.54, 1.807) is 6.92 Å². The average Bonchev–Trinajstić information content (AvgIpc) is 2.60. The third-order valence-corrected chi connectivity index (χ3v) is 6.47. The number of esters is 2. The van der Waals surface area contributed by atoms with Crippen LogP contribution in [0.25, 0.3) is 0 Å². The van der Waals surface area contributed by atoms with E-state index in [1.165, 1.54) is 12.1 Å². The molecule has 1 aromatic carbocycles. The number of sulfone groups is 1. The Balaban J connectivity index is 2.77. The largest absolute Gasteiger partial charge is 0.469 e. The van der Waals surface area contributed by atoms with Gasteiger partial charge in [0.25, 0.3) is 0 Å². The molecule has 154 valence electrons. The highest BCUT2D eigenvalue weighted by atomic mass is 32.2. The number of rotatable bonds is 6. The lowest BCUT2D eigenvalue weighted by molar-refractivity contribution is -0.151. The zero-order valence-corrected chi connectivity index (χ0v) is 15.7. The van der Waals surface area contributed by atoms with Gasteiger partial charge in [0.05, 0.1) is 24.7 Å². The fourth-order valence-corrected chi connectivity index (χ4v) is 4.96. The molecule has 0 aromatic heterocycles. The van der Waals surface area contributed by atoms with Crippen LogP contribution in [0.1, 0.15) is 5.56 Å². The Labute approximate surface area is 158 Å². The Morgan fingerprint density at radius 2 is 1.61 bits per heavy atom. The van der Waals surface area contributed by atoms with Gasteiger partial charge in [0, 0.05) is 5.57 Å². The van der Waals surface area contributed by atoms with Gasteiger partial charge in [0.15, 0.2) is 9.84 Å². The first-order valence-electron chi connectivity index (χ1n) is 7.78. The minimum Gasteiger partial charge on any atom is -0.469 e. The van der Waals surface area contributed by atoms with Crippen molar-refractivity contribution in [2.75, 3.05) is 14.2 Å². The number of aryl methyl sites for hydroxylation is 1. The second-order valence-corrected chi connectivity index (χ2v) is 8.09. The Morgan fingerprint density at radius 3 is 2.04 bits per heavy atom. The fraction of sp³-hybridized carbons (Fsp3) is 0.412. The summed E-state index contributed by atoms with van der Waals surface area (Å²) >= 11 is 0. The maximum atomic E-state index is 14.2. The van der Waals surface area contributed by atoms with Gasteiger partial charge in [-0.1, -0.05) is 17.7 Å². The number of hydrogen-bond donors (Lipinski definition) is 0. The molecule has 0 radical (unpaired) electrons. The molecule has 2 rings (SSSR count). The van der Waals surface area contributed by atoms with E-state index in [4.69, 9.17) is 0 Å². The van der Waals surface area contributed by atoms with Gasteiger partial charge < -0.3 is 9.47 Å². The van der Waals surface area contributed by atoms with E-state index in [1.807, 2.05) is 0 Å². The molecule has 0 bridgehead atoms. The highest BCUT2D eigenvalue weighted by Crippen LogP contribution is 2.51. The molecule has 0 saturated heterocycles. The zero-order chi connectivity index (χ0) is 21.4. The normalized spacial score (nSPS) is 20.0. The Kier molecular flexibility index (Phi) is 5.88. The molecule has 0 heterocycles. The van der Waals surface area contributed by atoms with Crippen molar-refractivity contribution < 1.29 is 45.0 Å². The van der Waals surface area contributed by atoms with E-state index in [0.717, 1.165) is 26.4 Å². The van der Waals surface area contributed by atoms with Gasteiger partial charge in [-0.2, -0.15) is 8.78 Å². The number of halogens is 4. The van der Waals surface area contributed by atoms with Crippen molar-refractivity contribution in [3.8, 4) is 0 Å². The lowest BCUT2D eigenvalue weighted by atomic mass is 9.73. The van der Waals surface area contributed by atoms with Crippen molar-refractivity contribution in [2.24, 2.45) is 5.92 Å². The van der Waals surface area contributed by atoms with Crippen LogP contribution in [-0.4, -0.2) is 52.2 Å². The molecule has 0 spiro atoms. The van der Waals surface area contributed by atoms with E-state index in [9.17, 15) is 35.6 Å². The van der Waals surface area contributed by atoms with Crippen LogP contribution in [0, 0.1) is 12.8 Å². The van der Waals surface area contributed by atoms with Gasteiger partial charge in [-0.15, -0.1) is 0 Å². The summed E-state index contributed by atoms with van der Waals surface area (Å²) in [6.45, 7) is 1.64. The van der Waals surface area contributed by atoms with Gasteiger partial charge in [0.2, 0.25) is 0 Å². The average molecular weight is 424 g/mol. The van der Waals surface area contributed by atoms with Gasteiger partial charge in [-0.05, 0) is 19.1 Å². The summed E-state index contributed by atoms with van der Waals surface area (Å²) in [5.41, 5.74) is -2.15. The second-order valence-electron chi connectivity index (χ2n) is 6.02. The lowest BCUT2D eigenvalue weighted by Crippen LogP contribution is -2.55. The summed E-state index contributed by atoms with van der Waals surface area (Å²) in [5.74, 6) is -9.85. The molecule has 0 amide bonds. The summed E-state index contributed by atoms with van der Waals surface area (Å²) in [5, 5.41) is -2.40. The van der Waals surface area contributed by atoms with Crippen molar-refractivity contribution >= 4 is 21.8 Å². The van der Waals surface area contributed by atoms with Gasteiger partial charge in [0.1, 0.15) is 11.2 Å². The van der Waals surface area contributed by atoms with Crippen molar-refractivity contribution in [3.63, 3.8) is 0 Å². The third-order valence-electron chi connectivity index (χ3n) is 4.37. The van der Waals surface area contributed by atoms with E-state index in [2.05, 4.69) is 9.47 Å².